The molecule has 1 unspecified atom stereocenters. The minimum atomic E-state index is -1.94. The molecule has 0 aliphatic carbocycles. The molecule has 21 heavy (non-hydrogen) atoms. The molecule has 1 fully saturated rings. The predicted molar refractivity (Wildman–Crippen MR) is 84.3 cm³/mol. The van der Waals surface area contributed by atoms with Crippen LogP contribution in [0.1, 0.15) is 34.6 Å². The molecule has 1 saturated heterocycles. The summed E-state index contributed by atoms with van der Waals surface area (Å²) in [5.74, 6) is -0.983. The van der Waals surface area contributed by atoms with Crippen LogP contribution in [0, 0.1) is 11.8 Å². The van der Waals surface area contributed by atoms with Crippen LogP contribution in [0.25, 0.3) is 0 Å². The fraction of sp³-hybridized carbons (Fsp3) is 0.867. The number of carbonyl (C=O) groups is 2. The maximum absolute atomic E-state index is 11.9. The number of carbonyl (C=O) groups excluding carboxylic acids is 2. The maximum Gasteiger partial charge on any atom is 0.310 e. The van der Waals surface area contributed by atoms with Crippen LogP contribution in [-0.4, -0.2) is 39.4 Å². The number of ether oxygens (including phenoxy) is 1. The van der Waals surface area contributed by atoms with Crippen molar-refractivity contribution >= 4 is 20.2 Å². The Morgan fingerprint density at radius 2 is 1.81 bits per heavy atom. The van der Waals surface area contributed by atoms with Gasteiger partial charge in [-0.05, 0) is 32.0 Å². The highest BCUT2D eigenvalue weighted by atomic mass is 28.4. The molecule has 1 rings (SSSR count). The molecule has 6 heteroatoms. The standard InChI is InChI=1S/C15H29NO4Si/c1-9(14(18)19-6)12-11(13(17)16-12)10(2)20-21(7,8)15(3,4)5/h9-12H,1-8H3,(H,16,17)/t9?,10-,11-,12-/m1/s1. The van der Waals surface area contributed by atoms with Crippen molar-refractivity contribution in [2.24, 2.45) is 11.8 Å². The number of rotatable bonds is 5. The summed E-state index contributed by atoms with van der Waals surface area (Å²) in [6, 6.07) is -0.204. The molecule has 0 bridgehead atoms. The Labute approximate surface area is 128 Å². The quantitative estimate of drug-likeness (QED) is 0.480. The van der Waals surface area contributed by atoms with Crippen LogP contribution >= 0.6 is 0 Å². The van der Waals surface area contributed by atoms with E-state index in [4.69, 9.17) is 9.16 Å². The van der Waals surface area contributed by atoms with Gasteiger partial charge in [-0.15, -0.1) is 0 Å². The van der Waals surface area contributed by atoms with Crippen LogP contribution < -0.4 is 5.32 Å². The Morgan fingerprint density at radius 3 is 2.19 bits per heavy atom. The van der Waals surface area contributed by atoms with Crippen molar-refractivity contribution in [3.63, 3.8) is 0 Å². The highest BCUT2D eigenvalue weighted by Crippen LogP contribution is 2.39. The zero-order valence-corrected chi connectivity index (χ0v) is 15.4. The second-order valence-corrected chi connectivity index (χ2v) is 12.2. The van der Waals surface area contributed by atoms with E-state index in [1.165, 1.54) is 7.11 Å². The number of esters is 1. The third-order valence-electron chi connectivity index (χ3n) is 4.90. The van der Waals surface area contributed by atoms with E-state index in [9.17, 15) is 9.59 Å². The lowest BCUT2D eigenvalue weighted by molar-refractivity contribution is -0.153. The van der Waals surface area contributed by atoms with Gasteiger partial charge in [0, 0.05) is 0 Å². The fourth-order valence-electron chi connectivity index (χ4n) is 2.41. The first-order valence-corrected chi connectivity index (χ1v) is 10.4. The molecule has 0 spiro atoms. The fourth-order valence-corrected chi connectivity index (χ4v) is 3.84. The molecule has 0 aromatic carbocycles. The summed E-state index contributed by atoms with van der Waals surface area (Å²) in [6.07, 6.45) is -0.197. The summed E-state index contributed by atoms with van der Waals surface area (Å²) in [4.78, 5) is 23.6. The van der Waals surface area contributed by atoms with E-state index in [1.54, 1.807) is 6.92 Å². The molecule has 5 nitrogen and oxygen atoms in total. The molecular weight excluding hydrogens is 286 g/mol. The molecule has 1 N–H and O–H groups in total. The van der Waals surface area contributed by atoms with Crippen LogP contribution in [0.4, 0.5) is 0 Å². The Bertz CT molecular complexity index is 416. The Morgan fingerprint density at radius 1 is 1.29 bits per heavy atom. The number of β-lactam (4-membered cyclic amide) rings is 1. The van der Waals surface area contributed by atoms with Crippen molar-refractivity contribution in [2.75, 3.05) is 7.11 Å². The second kappa shape index (κ2) is 6.08. The summed E-state index contributed by atoms with van der Waals surface area (Å²) < 4.78 is 11.1. The van der Waals surface area contributed by atoms with Crippen molar-refractivity contribution < 1.29 is 18.8 Å². The molecule has 0 aromatic heterocycles. The van der Waals surface area contributed by atoms with Gasteiger partial charge in [0.1, 0.15) is 0 Å². The topological polar surface area (TPSA) is 64.6 Å². The van der Waals surface area contributed by atoms with E-state index in [0.29, 0.717) is 0 Å². The van der Waals surface area contributed by atoms with Gasteiger partial charge < -0.3 is 14.5 Å². The average Bonchev–Trinajstić information content (AvgIpc) is 2.31. The summed E-state index contributed by atoms with van der Waals surface area (Å²) in [5, 5.41) is 2.90. The first-order valence-electron chi connectivity index (χ1n) is 7.48. The minimum absolute atomic E-state index is 0.0398. The van der Waals surface area contributed by atoms with E-state index in [0.717, 1.165) is 0 Å². The number of methoxy groups -OCH3 is 1. The zero-order chi connectivity index (χ0) is 16.6. The largest absolute Gasteiger partial charge is 0.469 e. The van der Waals surface area contributed by atoms with E-state index < -0.39 is 8.32 Å². The number of amides is 1. The van der Waals surface area contributed by atoms with Crippen LogP contribution in [-0.2, 0) is 18.8 Å². The van der Waals surface area contributed by atoms with E-state index >= 15 is 0 Å². The maximum atomic E-state index is 11.9. The predicted octanol–water partition coefficient (Wildman–Crippen LogP) is 2.32. The second-order valence-electron chi connectivity index (χ2n) is 7.46. The van der Waals surface area contributed by atoms with Crippen molar-refractivity contribution in [2.45, 2.75) is 64.9 Å². The van der Waals surface area contributed by atoms with Gasteiger partial charge in [-0.2, -0.15) is 0 Å². The molecule has 122 valence electrons. The molecule has 1 heterocycles. The van der Waals surface area contributed by atoms with Gasteiger partial charge in [0.05, 0.1) is 31.1 Å². The molecule has 1 aliphatic heterocycles. The molecule has 0 radical (unpaired) electrons. The Hall–Kier alpha value is -0.883. The van der Waals surface area contributed by atoms with Crippen LogP contribution in [0.5, 0.6) is 0 Å². The third-order valence-corrected chi connectivity index (χ3v) is 9.48. The lowest BCUT2D eigenvalue weighted by atomic mass is 9.79. The van der Waals surface area contributed by atoms with Gasteiger partial charge in [0.25, 0.3) is 0 Å². The van der Waals surface area contributed by atoms with Crippen molar-refractivity contribution in [1.82, 2.24) is 5.32 Å². The van der Waals surface area contributed by atoms with Crippen molar-refractivity contribution in [1.29, 1.82) is 0 Å². The molecule has 0 saturated carbocycles. The van der Waals surface area contributed by atoms with Crippen LogP contribution in [0.2, 0.25) is 18.1 Å². The summed E-state index contributed by atoms with van der Waals surface area (Å²) in [7, 11) is -0.574. The Balaban J connectivity index is 2.79. The smallest absolute Gasteiger partial charge is 0.310 e. The molecule has 1 aliphatic rings. The van der Waals surface area contributed by atoms with Gasteiger partial charge >= 0.3 is 5.97 Å². The van der Waals surface area contributed by atoms with Crippen molar-refractivity contribution in [3.05, 3.63) is 0 Å². The van der Waals surface area contributed by atoms with Gasteiger partial charge in [0.2, 0.25) is 5.91 Å². The summed E-state index contributed by atoms with van der Waals surface area (Å²) >= 11 is 0. The van der Waals surface area contributed by atoms with E-state index in [2.05, 4.69) is 39.2 Å². The van der Waals surface area contributed by atoms with Gasteiger partial charge in [0.15, 0.2) is 8.32 Å². The van der Waals surface area contributed by atoms with Gasteiger partial charge in [-0.25, -0.2) is 0 Å². The monoisotopic (exact) mass is 315 g/mol. The lowest BCUT2D eigenvalue weighted by Gasteiger charge is -2.46. The minimum Gasteiger partial charge on any atom is -0.469 e. The number of hydrogen-bond acceptors (Lipinski definition) is 4. The lowest BCUT2D eigenvalue weighted by Crippen LogP contribution is -2.66. The normalized spacial score (nSPS) is 25.6. The zero-order valence-electron chi connectivity index (χ0n) is 14.4. The molecular formula is C15H29NO4Si. The summed E-state index contributed by atoms with van der Waals surface area (Å²) in [5.41, 5.74) is 0. The number of hydrogen-bond donors (Lipinski definition) is 1. The Kier molecular flexibility index (Phi) is 5.26. The van der Waals surface area contributed by atoms with Crippen LogP contribution in [0.15, 0.2) is 0 Å². The SMILES string of the molecule is COC(=O)C(C)[C@H]1NC(=O)[C@@H]1[C@@H](C)O[Si](C)(C)C(C)(C)C. The van der Waals surface area contributed by atoms with Crippen molar-refractivity contribution in [3.8, 4) is 0 Å². The number of nitrogens with one attached hydrogen (secondary N) is 1. The molecule has 1 amide bonds. The van der Waals surface area contributed by atoms with E-state index in [1.807, 2.05) is 6.92 Å². The first-order chi connectivity index (χ1) is 9.42. The van der Waals surface area contributed by atoms with Gasteiger partial charge in [-0.3, -0.25) is 9.59 Å². The van der Waals surface area contributed by atoms with Crippen LogP contribution in [0.3, 0.4) is 0 Å². The highest BCUT2D eigenvalue weighted by Gasteiger charge is 2.50. The molecule has 4 atom stereocenters. The molecule has 0 aromatic rings. The highest BCUT2D eigenvalue weighted by molar-refractivity contribution is 6.74. The third kappa shape index (κ3) is 3.66. The summed E-state index contributed by atoms with van der Waals surface area (Å²) in [6.45, 7) is 14.5. The van der Waals surface area contributed by atoms with E-state index in [-0.39, 0.29) is 40.9 Å². The first kappa shape index (κ1) is 18.2. The average molecular weight is 315 g/mol. The van der Waals surface area contributed by atoms with Gasteiger partial charge in [-0.1, -0.05) is 20.8 Å².